The molecule has 1 aliphatic carbocycles. The van der Waals surface area contributed by atoms with Crippen molar-refractivity contribution in [1.82, 2.24) is 0 Å². The number of anilines is 1. The van der Waals surface area contributed by atoms with E-state index in [-0.39, 0.29) is 24.4 Å². The van der Waals surface area contributed by atoms with Gasteiger partial charge in [-0.05, 0) is 31.2 Å². The van der Waals surface area contributed by atoms with Crippen LogP contribution in [0.15, 0.2) is 29.2 Å². The number of hydrogen-bond donors (Lipinski definition) is 1. The molecule has 2 rings (SSSR count). The summed E-state index contributed by atoms with van der Waals surface area (Å²) in [7, 11) is 0. The molecule has 108 valence electrons. The van der Waals surface area contributed by atoms with Gasteiger partial charge in [0.15, 0.2) is 6.61 Å². The fourth-order valence-corrected chi connectivity index (χ4v) is 2.90. The number of esters is 1. The Hall–Kier alpha value is -1.49. The van der Waals surface area contributed by atoms with Crippen molar-refractivity contribution in [2.75, 3.05) is 18.2 Å². The highest BCUT2D eigenvalue weighted by molar-refractivity contribution is 7.98. The molecule has 0 bridgehead atoms. The summed E-state index contributed by atoms with van der Waals surface area (Å²) in [5.41, 5.74) is 0.752. The summed E-state index contributed by atoms with van der Waals surface area (Å²) < 4.78 is 5.08. The summed E-state index contributed by atoms with van der Waals surface area (Å²) >= 11 is 1.56. The minimum absolute atomic E-state index is 0.0127. The third-order valence-electron chi connectivity index (χ3n) is 3.42. The van der Waals surface area contributed by atoms with Gasteiger partial charge in [0.25, 0.3) is 5.91 Å². The number of amides is 1. The minimum atomic E-state index is -0.294. The molecule has 5 heteroatoms. The monoisotopic (exact) mass is 293 g/mol. The summed E-state index contributed by atoms with van der Waals surface area (Å²) in [4.78, 5) is 24.5. The zero-order chi connectivity index (χ0) is 14.4. The molecule has 0 heterocycles. The van der Waals surface area contributed by atoms with Gasteiger partial charge in [-0.15, -0.1) is 11.8 Å². The van der Waals surface area contributed by atoms with E-state index in [0.717, 1.165) is 36.3 Å². The Bertz CT molecular complexity index is 484. The molecule has 1 aromatic carbocycles. The Labute approximate surface area is 123 Å². The van der Waals surface area contributed by atoms with E-state index in [9.17, 15) is 9.59 Å². The van der Waals surface area contributed by atoms with E-state index < -0.39 is 0 Å². The molecule has 1 amide bonds. The van der Waals surface area contributed by atoms with Crippen LogP contribution in [0.1, 0.15) is 25.7 Å². The van der Waals surface area contributed by atoms with Gasteiger partial charge in [0.2, 0.25) is 0 Å². The van der Waals surface area contributed by atoms with Crippen molar-refractivity contribution in [3.8, 4) is 0 Å². The molecule has 1 saturated carbocycles. The Morgan fingerprint density at radius 2 is 2.00 bits per heavy atom. The predicted octanol–water partition coefficient (Wildman–Crippen LogP) is 3.08. The van der Waals surface area contributed by atoms with Gasteiger partial charge < -0.3 is 10.1 Å². The lowest BCUT2D eigenvalue weighted by molar-refractivity contribution is -0.151. The van der Waals surface area contributed by atoms with Gasteiger partial charge in [0, 0.05) is 4.90 Å². The Kier molecular flexibility index (Phi) is 5.47. The molecular weight excluding hydrogens is 274 g/mol. The second-order valence-electron chi connectivity index (χ2n) is 4.84. The molecule has 1 aromatic rings. The Balaban J connectivity index is 1.81. The number of nitrogens with one attached hydrogen (secondary N) is 1. The van der Waals surface area contributed by atoms with E-state index in [1.165, 1.54) is 0 Å². The van der Waals surface area contributed by atoms with Crippen molar-refractivity contribution < 1.29 is 14.3 Å². The molecule has 1 N–H and O–H groups in total. The molecule has 0 aliphatic heterocycles. The van der Waals surface area contributed by atoms with Crippen molar-refractivity contribution >= 4 is 29.3 Å². The zero-order valence-corrected chi connectivity index (χ0v) is 12.4. The first-order chi connectivity index (χ1) is 9.70. The van der Waals surface area contributed by atoms with Gasteiger partial charge in [-0.3, -0.25) is 9.59 Å². The first-order valence-electron chi connectivity index (χ1n) is 6.80. The number of rotatable bonds is 5. The van der Waals surface area contributed by atoms with Crippen LogP contribution in [0.2, 0.25) is 0 Å². The number of thioether (sulfide) groups is 1. The molecule has 1 aliphatic rings. The summed E-state index contributed by atoms with van der Waals surface area (Å²) in [6.45, 7) is -0.210. The maximum absolute atomic E-state index is 11.8. The van der Waals surface area contributed by atoms with Gasteiger partial charge in [-0.25, -0.2) is 0 Å². The summed E-state index contributed by atoms with van der Waals surface area (Å²) in [5, 5.41) is 2.77. The van der Waals surface area contributed by atoms with Crippen LogP contribution >= 0.6 is 11.8 Å². The number of ether oxygens (including phenoxy) is 1. The van der Waals surface area contributed by atoms with E-state index in [0.29, 0.717) is 0 Å². The lowest BCUT2D eigenvalue weighted by Crippen LogP contribution is -2.24. The van der Waals surface area contributed by atoms with Gasteiger partial charge >= 0.3 is 5.97 Å². The molecule has 0 spiro atoms. The minimum Gasteiger partial charge on any atom is -0.455 e. The third kappa shape index (κ3) is 4.00. The Morgan fingerprint density at radius 3 is 2.70 bits per heavy atom. The van der Waals surface area contributed by atoms with Crippen molar-refractivity contribution in [3.63, 3.8) is 0 Å². The third-order valence-corrected chi connectivity index (χ3v) is 4.21. The number of carbonyl (C=O) groups excluding carboxylic acids is 2. The lowest BCUT2D eigenvalue weighted by Gasteiger charge is -2.11. The highest BCUT2D eigenvalue weighted by atomic mass is 32.2. The second kappa shape index (κ2) is 7.33. The van der Waals surface area contributed by atoms with Gasteiger partial charge in [0.05, 0.1) is 11.6 Å². The largest absolute Gasteiger partial charge is 0.455 e. The second-order valence-corrected chi connectivity index (χ2v) is 5.69. The SMILES string of the molecule is CSc1ccccc1NC(=O)COC(=O)C1CCCC1. The van der Waals surface area contributed by atoms with Gasteiger partial charge in [-0.1, -0.05) is 25.0 Å². The van der Waals surface area contributed by atoms with E-state index in [2.05, 4.69) is 5.32 Å². The van der Waals surface area contributed by atoms with Crippen molar-refractivity contribution in [2.24, 2.45) is 5.92 Å². The van der Waals surface area contributed by atoms with E-state index in [4.69, 9.17) is 4.74 Å². The maximum Gasteiger partial charge on any atom is 0.309 e. The smallest absolute Gasteiger partial charge is 0.309 e. The van der Waals surface area contributed by atoms with Crippen molar-refractivity contribution in [3.05, 3.63) is 24.3 Å². The first-order valence-corrected chi connectivity index (χ1v) is 8.02. The van der Waals surface area contributed by atoms with Crippen LogP contribution in [0, 0.1) is 5.92 Å². The summed E-state index contributed by atoms with van der Waals surface area (Å²) in [6.07, 6.45) is 5.87. The first kappa shape index (κ1) is 14.9. The van der Waals surface area contributed by atoms with Crippen LogP contribution in [-0.2, 0) is 14.3 Å². The molecule has 4 nitrogen and oxygen atoms in total. The van der Waals surface area contributed by atoms with E-state index >= 15 is 0 Å². The topological polar surface area (TPSA) is 55.4 Å². The van der Waals surface area contributed by atoms with E-state index in [1.54, 1.807) is 11.8 Å². The summed E-state index contributed by atoms with van der Waals surface area (Å²) in [5.74, 6) is -0.546. The van der Waals surface area contributed by atoms with E-state index in [1.807, 2.05) is 30.5 Å². The van der Waals surface area contributed by atoms with Crippen LogP contribution < -0.4 is 5.32 Å². The van der Waals surface area contributed by atoms with Crippen molar-refractivity contribution in [2.45, 2.75) is 30.6 Å². The number of para-hydroxylation sites is 1. The Morgan fingerprint density at radius 1 is 1.30 bits per heavy atom. The van der Waals surface area contributed by atoms with Crippen LogP contribution in [0.5, 0.6) is 0 Å². The van der Waals surface area contributed by atoms with Crippen molar-refractivity contribution in [1.29, 1.82) is 0 Å². The molecule has 1 fully saturated rings. The fraction of sp³-hybridized carbons (Fsp3) is 0.467. The number of hydrogen-bond acceptors (Lipinski definition) is 4. The average Bonchev–Trinajstić information content (AvgIpc) is 2.99. The molecule has 0 aromatic heterocycles. The highest BCUT2D eigenvalue weighted by Gasteiger charge is 2.24. The average molecular weight is 293 g/mol. The van der Waals surface area contributed by atoms with Crippen LogP contribution in [-0.4, -0.2) is 24.7 Å². The predicted molar refractivity (Wildman–Crippen MR) is 79.8 cm³/mol. The molecule has 0 unspecified atom stereocenters. The quantitative estimate of drug-likeness (QED) is 0.669. The standard InChI is InChI=1S/C15H19NO3S/c1-20-13-9-5-4-8-12(13)16-14(17)10-19-15(18)11-6-2-3-7-11/h4-5,8-9,11H,2-3,6-7,10H2,1H3,(H,16,17). The molecule has 0 radical (unpaired) electrons. The maximum atomic E-state index is 11.8. The van der Waals surface area contributed by atoms with Gasteiger partial charge in [0.1, 0.15) is 0 Å². The van der Waals surface area contributed by atoms with Crippen LogP contribution in [0.3, 0.4) is 0 Å². The molecular formula is C15H19NO3S. The van der Waals surface area contributed by atoms with Crippen LogP contribution in [0.25, 0.3) is 0 Å². The lowest BCUT2D eigenvalue weighted by atomic mass is 10.1. The number of carbonyl (C=O) groups is 2. The normalized spacial score (nSPS) is 15.1. The fourth-order valence-electron chi connectivity index (χ4n) is 2.35. The van der Waals surface area contributed by atoms with Gasteiger partial charge in [-0.2, -0.15) is 0 Å². The highest BCUT2D eigenvalue weighted by Crippen LogP contribution is 2.26. The zero-order valence-electron chi connectivity index (χ0n) is 11.6. The number of benzene rings is 1. The molecule has 0 atom stereocenters. The summed E-state index contributed by atoms with van der Waals surface area (Å²) in [6, 6.07) is 7.55. The molecule has 20 heavy (non-hydrogen) atoms. The molecule has 0 saturated heterocycles. The van der Waals surface area contributed by atoms with Crippen LogP contribution in [0.4, 0.5) is 5.69 Å².